The third kappa shape index (κ3) is 4.99. The lowest BCUT2D eigenvalue weighted by molar-refractivity contribution is 0.0542. The van der Waals surface area contributed by atoms with E-state index in [4.69, 9.17) is 9.47 Å². The summed E-state index contributed by atoms with van der Waals surface area (Å²) in [5.74, 6) is 2.14. The number of nitrogens with zero attached hydrogens (tertiary/aromatic N) is 2. The molecule has 0 atom stereocenters. The fourth-order valence-corrected chi connectivity index (χ4v) is 1.26. The molecule has 5 heteroatoms. The zero-order valence-electron chi connectivity index (χ0n) is 11.0. The van der Waals surface area contributed by atoms with Gasteiger partial charge in [-0.05, 0) is 13.8 Å². The van der Waals surface area contributed by atoms with Gasteiger partial charge in [-0.2, -0.15) is 4.98 Å². The van der Waals surface area contributed by atoms with Crippen LogP contribution in [0.5, 0.6) is 5.88 Å². The van der Waals surface area contributed by atoms with Crippen molar-refractivity contribution in [2.75, 3.05) is 25.6 Å². The highest BCUT2D eigenvalue weighted by molar-refractivity contribution is 5.37. The molecule has 96 valence electrons. The lowest BCUT2D eigenvalue weighted by Crippen LogP contribution is -2.12. The number of rotatable bonds is 7. The summed E-state index contributed by atoms with van der Waals surface area (Å²) in [6.07, 6.45) is 1.01. The summed E-state index contributed by atoms with van der Waals surface area (Å²) < 4.78 is 10.9. The van der Waals surface area contributed by atoms with E-state index in [1.807, 2.05) is 27.8 Å². The summed E-state index contributed by atoms with van der Waals surface area (Å²) in [7, 11) is 1.83. The van der Waals surface area contributed by atoms with Gasteiger partial charge in [0.2, 0.25) is 5.88 Å². The van der Waals surface area contributed by atoms with Gasteiger partial charge in [-0.3, -0.25) is 0 Å². The molecule has 0 aromatic carbocycles. The minimum Gasteiger partial charge on any atom is -0.475 e. The monoisotopic (exact) mass is 239 g/mol. The molecule has 0 aliphatic rings. The maximum Gasteiger partial charge on any atom is 0.218 e. The molecule has 17 heavy (non-hydrogen) atoms. The minimum atomic E-state index is 0.225. The molecule has 0 spiro atoms. The quantitative estimate of drug-likeness (QED) is 0.736. The number of aromatic nitrogens is 2. The van der Waals surface area contributed by atoms with Gasteiger partial charge >= 0.3 is 0 Å². The van der Waals surface area contributed by atoms with Crippen LogP contribution in [0.3, 0.4) is 0 Å². The number of nitrogens with one attached hydrogen (secondary N) is 1. The van der Waals surface area contributed by atoms with E-state index < -0.39 is 0 Å². The standard InChI is InChI=1S/C12H21N3O2/c1-5-10-14-11(13-4)8-12(15-10)17-7-6-16-9(2)3/h8-9H,5-7H2,1-4H3,(H,13,14,15). The molecular weight excluding hydrogens is 218 g/mol. The number of ether oxygens (including phenoxy) is 2. The van der Waals surface area contributed by atoms with E-state index in [-0.39, 0.29) is 6.10 Å². The van der Waals surface area contributed by atoms with Crippen LogP contribution in [0.1, 0.15) is 26.6 Å². The zero-order valence-corrected chi connectivity index (χ0v) is 11.0. The molecule has 1 aromatic rings. The van der Waals surface area contributed by atoms with Crippen LogP contribution in [0.2, 0.25) is 0 Å². The van der Waals surface area contributed by atoms with E-state index in [1.165, 1.54) is 0 Å². The van der Waals surface area contributed by atoms with E-state index in [2.05, 4.69) is 15.3 Å². The molecule has 5 nitrogen and oxygen atoms in total. The summed E-state index contributed by atoms with van der Waals surface area (Å²) in [5.41, 5.74) is 0. The SMILES string of the molecule is CCc1nc(NC)cc(OCCOC(C)C)n1. The molecule has 0 saturated heterocycles. The normalized spacial score (nSPS) is 10.6. The maximum absolute atomic E-state index is 5.53. The number of hydrogen-bond donors (Lipinski definition) is 1. The third-order valence-corrected chi connectivity index (χ3v) is 2.11. The summed E-state index contributed by atoms with van der Waals surface area (Å²) >= 11 is 0. The Morgan fingerprint density at radius 1 is 1.29 bits per heavy atom. The zero-order chi connectivity index (χ0) is 12.7. The van der Waals surface area contributed by atoms with Gasteiger partial charge in [-0.15, -0.1) is 0 Å². The molecule has 1 N–H and O–H groups in total. The lowest BCUT2D eigenvalue weighted by Gasteiger charge is -2.10. The highest BCUT2D eigenvalue weighted by Gasteiger charge is 2.03. The van der Waals surface area contributed by atoms with Crippen molar-refractivity contribution < 1.29 is 9.47 Å². The molecule has 1 aromatic heterocycles. The first-order valence-corrected chi connectivity index (χ1v) is 5.95. The molecular formula is C12H21N3O2. The first-order chi connectivity index (χ1) is 8.15. The Labute approximate surface area is 103 Å². The fourth-order valence-electron chi connectivity index (χ4n) is 1.26. The molecule has 0 saturated carbocycles. The van der Waals surface area contributed by atoms with Gasteiger partial charge in [0.25, 0.3) is 0 Å². The van der Waals surface area contributed by atoms with Crippen LogP contribution >= 0.6 is 0 Å². The van der Waals surface area contributed by atoms with Crippen molar-refractivity contribution in [3.8, 4) is 5.88 Å². The van der Waals surface area contributed by atoms with E-state index in [0.29, 0.717) is 19.1 Å². The maximum atomic E-state index is 5.53. The largest absolute Gasteiger partial charge is 0.475 e. The molecule has 0 radical (unpaired) electrons. The van der Waals surface area contributed by atoms with Crippen molar-refractivity contribution in [2.45, 2.75) is 33.3 Å². The average molecular weight is 239 g/mol. The number of hydrogen-bond acceptors (Lipinski definition) is 5. The molecule has 1 rings (SSSR count). The van der Waals surface area contributed by atoms with Gasteiger partial charge in [0, 0.05) is 19.5 Å². The minimum absolute atomic E-state index is 0.225. The predicted molar refractivity (Wildman–Crippen MR) is 67.5 cm³/mol. The van der Waals surface area contributed by atoms with Crippen LogP contribution in [-0.4, -0.2) is 36.3 Å². The highest BCUT2D eigenvalue weighted by atomic mass is 16.5. The van der Waals surface area contributed by atoms with Gasteiger partial charge in [0.1, 0.15) is 18.2 Å². The fraction of sp³-hybridized carbons (Fsp3) is 0.667. The second kappa shape index (κ2) is 7.06. The summed E-state index contributed by atoms with van der Waals surface area (Å²) in [6.45, 7) is 7.08. The van der Waals surface area contributed by atoms with Crippen LogP contribution in [-0.2, 0) is 11.2 Å². The van der Waals surface area contributed by atoms with Crippen LogP contribution < -0.4 is 10.1 Å². The second-order valence-electron chi connectivity index (χ2n) is 3.88. The van der Waals surface area contributed by atoms with E-state index >= 15 is 0 Å². The van der Waals surface area contributed by atoms with Gasteiger partial charge in [0.05, 0.1) is 12.7 Å². The van der Waals surface area contributed by atoms with Crippen LogP contribution in [0.4, 0.5) is 5.82 Å². The molecule has 0 amide bonds. The van der Waals surface area contributed by atoms with Gasteiger partial charge in [0.15, 0.2) is 0 Å². The molecule has 1 heterocycles. The lowest BCUT2D eigenvalue weighted by atomic mass is 10.4. The Kier molecular flexibility index (Phi) is 5.69. The molecule has 0 unspecified atom stereocenters. The number of aryl methyl sites for hydroxylation is 1. The third-order valence-electron chi connectivity index (χ3n) is 2.11. The molecule has 0 aliphatic carbocycles. The van der Waals surface area contributed by atoms with E-state index in [0.717, 1.165) is 18.1 Å². The molecule has 0 fully saturated rings. The Bertz CT molecular complexity index is 320. The number of anilines is 1. The summed E-state index contributed by atoms with van der Waals surface area (Å²) in [6, 6.07) is 1.79. The highest BCUT2D eigenvalue weighted by Crippen LogP contribution is 2.13. The van der Waals surface area contributed by atoms with Gasteiger partial charge in [-0.1, -0.05) is 6.92 Å². The Balaban J connectivity index is 2.51. The summed E-state index contributed by atoms with van der Waals surface area (Å²) in [4.78, 5) is 8.58. The van der Waals surface area contributed by atoms with Gasteiger partial charge in [-0.25, -0.2) is 4.98 Å². The van der Waals surface area contributed by atoms with Crippen molar-refractivity contribution in [3.63, 3.8) is 0 Å². The predicted octanol–water partition coefficient (Wildman–Crippen LogP) is 1.88. The van der Waals surface area contributed by atoms with Crippen molar-refractivity contribution in [1.29, 1.82) is 0 Å². The average Bonchev–Trinajstić information content (AvgIpc) is 2.34. The van der Waals surface area contributed by atoms with Crippen molar-refractivity contribution in [1.82, 2.24) is 9.97 Å². The van der Waals surface area contributed by atoms with Crippen molar-refractivity contribution >= 4 is 5.82 Å². The Morgan fingerprint density at radius 2 is 2.06 bits per heavy atom. The topological polar surface area (TPSA) is 56.3 Å². The Morgan fingerprint density at radius 3 is 2.65 bits per heavy atom. The first kappa shape index (κ1) is 13.7. The van der Waals surface area contributed by atoms with E-state index in [9.17, 15) is 0 Å². The van der Waals surface area contributed by atoms with Crippen molar-refractivity contribution in [3.05, 3.63) is 11.9 Å². The van der Waals surface area contributed by atoms with Crippen molar-refractivity contribution in [2.24, 2.45) is 0 Å². The second-order valence-corrected chi connectivity index (χ2v) is 3.88. The molecule has 0 bridgehead atoms. The molecule has 0 aliphatic heterocycles. The van der Waals surface area contributed by atoms with Crippen LogP contribution in [0.15, 0.2) is 6.07 Å². The van der Waals surface area contributed by atoms with Crippen LogP contribution in [0, 0.1) is 0 Å². The van der Waals surface area contributed by atoms with Gasteiger partial charge < -0.3 is 14.8 Å². The van der Waals surface area contributed by atoms with Crippen LogP contribution in [0.25, 0.3) is 0 Å². The first-order valence-electron chi connectivity index (χ1n) is 5.95. The smallest absolute Gasteiger partial charge is 0.218 e. The summed E-state index contributed by atoms with van der Waals surface area (Å²) in [5, 5.41) is 2.99. The Hall–Kier alpha value is -1.36. The van der Waals surface area contributed by atoms with E-state index in [1.54, 1.807) is 6.07 Å².